The average Bonchev–Trinajstić information content (AvgIpc) is 2.45. The Kier molecular flexibility index (Phi) is 6.70. The summed E-state index contributed by atoms with van der Waals surface area (Å²) in [6, 6.07) is 3.76. The van der Waals surface area contributed by atoms with E-state index in [0.717, 1.165) is 12.0 Å². The zero-order valence-electron chi connectivity index (χ0n) is 12.2. The molecular formula is C15H21NO4. The van der Waals surface area contributed by atoms with Crippen LogP contribution in [0.2, 0.25) is 0 Å². The molecule has 0 unspecified atom stereocenters. The van der Waals surface area contributed by atoms with Crippen LogP contribution in [-0.2, 0) is 31.9 Å². The number of aromatic nitrogens is 1. The van der Waals surface area contributed by atoms with Crippen LogP contribution in [0.15, 0.2) is 18.3 Å². The summed E-state index contributed by atoms with van der Waals surface area (Å²) in [6.45, 7) is 5.91. The van der Waals surface area contributed by atoms with E-state index < -0.39 is 17.9 Å². The highest BCUT2D eigenvalue weighted by molar-refractivity contribution is 5.95. The monoisotopic (exact) mass is 279 g/mol. The smallest absolute Gasteiger partial charge is 0.320 e. The zero-order chi connectivity index (χ0) is 15.0. The number of esters is 2. The zero-order valence-corrected chi connectivity index (χ0v) is 12.2. The Balaban J connectivity index is 2.81. The second-order valence-corrected chi connectivity index (χ2v) is 4.27. The van der Waals surface area contributed by atoms with Gasteiger partial charge in [-0.2, -0.15) is 0 Å². The molecule has 0 N–H and O–H groups in total. The Bertz CT molecular complexity index is 424. The van der Waals surface area contributed by atoms with Gasteiger partial charge in [-0.15, -0.1) is 0 Å². The van der Waals surface area contributed by atoms with Gasteiger partial charge in [-0.1, -0.05) is 13.0 Å². The molecule has 0 bridgehead atoms. The molecule has 0 aliphatic heterocycles. The van der Waals surface area contributed by atoms with Gasteiger partial charge < -0.3 is 9.47 Å². The molecule has 0 radical (unpaired) electrons. The Morgan fingerprint density at radius 2 is 1.70 bits per heavy atom. The van der Waals surface area contributed by atoms with Crippen molar-refractivity contribution in [1.29, 1.82) is 0 Å². The molecule has 0 saturated carbocycles. The van der Waals surface area contributed by atoms with Crippen molar-refractivity contribution < 1.29 is 19.1 Å². The lowest BCUT2D eigenvalue weighted by Gasteiger charge is -2.14. The first kappa shape index (κ1) is 16.1. The van der Waals surface area contributed by atoms with Crippen LogP contribution >= 0.6 is 0 Å². The molecule has 0 aromatic carbocycles. The minimum atomic E-state index is -0.949. The number of hydrogen-bond donors (Lipinski definition) is 0. The summed E-state index contributed by atoms with van der Waals surface area (Å²) >= 11 is 0. The van der Waals surface area contributed by atoms with Gasteiger partial charge in [0.2, 0.25) is 0 Å². The third-order valence-electron chi connectivity index (χ3n) is 2.85. The summed E-state index contributed by atoms with van der Waals surface area (Å²) in [6.07, 6.45) is 2.84. The SMILES string of the molecule is CCOC(=O)C(Cc1ccc(CC)cn1)C(=O)OCC. The summed E-state index contributed by atoms with van der Waals surface area (Å²) in [7, 11) is 0. The van der Waals surface area contributed by atoms with Crippen molar-refractivity contribution in [3.8, 4) is 0 Å². The molecule has 0 saturated heterocycles. The predicted octanol–water partition coefficient (Wildman–Crippen LogP) is 1.93. The molecule has 5 nitrogen and oxygen atoms in total. The van der Waals surface area contributed by atoms with Gasteiger partial charge in [-0.25, -0.2) is 0 Å². The number of carbonyl (C=O) groups is 2. The summed E-state index contributed by atoms with van der Waals surface area (Å²) in [5.74, 6) is -2.07. The Hall–Kier alpha value is -1.91. The molecule has 20 heavy (non-hydrogen) atoms. The van der Waals surface area contributed by atoms with Crippen LogP contribution in [-0.4, -0.2) is 30.1 Å². The molecular weight excluding hydrogens is 258 g/mol. The van der Waals surface area contributed by atoms with E-state index in [1.807, 2.05) is 19.1 Å². The van der Waals surface area contributed by atoms with Crippen molar-refractivity contribution in [3.63, 3.8) is 0 Å². The Morgan fingerprint density at radius 3 is 2.10 bits per heavy atom. The van der Waals surface area contributed by atoms with E-state index in [1.165, 1.54) is 0 Å². The van der Waals surface area contributed by atoms with Crippen LogP contribution in [0, 0.1) is 5.92 Å². The van der Waals surface area contributed by atoms with E-state index in [9.17, 15) is 9.59 Å². The fraction of sp³-hybridized carbons (Fsp3) is 0.533. The van der Waals surface area contributed by atoms with Crippen molar-refractivity contribution in [2.75, 3.05) is 13.2 Å². The van der Waals surface area contributed by atoms with E-state index >= 15 is 0 Å². The number of ether oxygens (including phenoxy) is 2. The number of carbonyl (C=O) groups excluding carboxylic acids is 2. The second kappa shape index (κ2) is 8.30. The number of pyridine rings is 1. The minimum absolute atomic E-state index is 0.196. The van der Waals surface area contributed by atoms with Crippen LogP contribution < -0.4 is 0 Å². The average molecular weight is 279 g/mol. The van der Waals surface area contributed by atoms with Gasteiger partial charge in [0.1, 0.15) is 0 Å². The van der Waals surface area contributed by atoms with Crippen molar-refractivity contribution >= 4 is 11.9 Å². The number of nitrogens with zero attached hydrogens (tertiary/aromatic N) is 1. The van der Waals surface area contributed by atoms with E-state index in [4.69, 9.17) is 9.47 Å². The van der Waals surface area contributed by atoms with Gasteiger partial charge in [0.25, 0.3) is 0 Å². The number of hydrogen-bond acceptors (Lipinski definition) is 5. The van der Waals surface area contributed by atoms with Crippen LogP contribution in [0.3, 0.4) is 0 Å². The molecule has 0 fully saturated rings. The van der Waals surface area contributed by atoms with Crippen LogP contribution in [0.5, 0.6) is 0 Å². The molecule has 0 atom stereocenters. The number of aryl methyl sites for hydroxylation is 1. The maximum atomic E-state index is 11.8. The fourth-order valence-electron chi connectivity index (χ4n) is 1.74. The Labute approximate surface area is 119 Å². The second-order valence-electron chi connectivity index (χ2n) is 4.27. The first-order valence-corrected chi connectivity index (χ1v) is 6.89. The maximum Gasteiger partial charge on any atom is 0.320 e. The largest absolute Gasteiger partial charge is 0.465 e. The highest BCUT2D eigenvalue weighted by Gasteiger charge is 2.30. The quantitative estimate of drug-likeness (QED) is 0.563. The molecule has 1 aromatic heterocycles. The van der Waals surface area contributed by atoms with Gasteiger partial charge in [-0.3, -0.25) is 14.6 Å². The molecule has 0 spiro atoms. The van der Waals surface area contributed by atoms with Gasteiger partial charge in [0, 0.05) is 18.3 Å². The lowest BCUT2D eigenvalue weighted by atomic mass is 10.0. The van der Waals surface area contributed by atoms with Crippen molar-refractivity contribution in [2.24, 2.45) is 5.92 Å². The van der Waals surface area contributed by atoms with Gasteiger partial charge in [0.05, 0.1) is 13.2 Å². The highest BCUT2D eigenvalue weighted by Crippen LogP contribution is 2.12. The van der Waals surface area contributed by atoms with E-state index in [1.54, 1.807) is 20.0 Å². The van der Waals surface area contributed by atoms with E-state index in [0.29, 0.717) is 5.69 Å². The summed E-state index contributed by atoms with van der Waals surface area (Å²) in [5, 5.41) is 0. The summed E-state index contributed by atoms with van der Waals surface area (Å²) < 4.78 is 9.84. The molecule has 1 aromatic rings. The van der Waals surface area contributed by atoms with Crippen molar-refractivity contribution in [1.82, 2.24) is 4.98 Å². The van der Waals surface area contributed by atoms with E-state index in [2.05, 4.69) is 4.98 Å². The standard InChI is InChI=1S/C15H21NO4/c1-4-11-7-8-12(16-10-11)9-13(14(17)19-5-2)15(18)20-6-3/h7-8,10,13H,4-6,9H2,1-3H3. The first-order valence-electron chi connectivity index (χ1n) is 6.89. The summed E-state index contributed by atoms with van der Waals surface area (Å²) in [4.78, 5) is 27.9. The maximum absolute atomic E-state index is 11.8. The lowest BCUT2D eigenvalue weighted by molar-refractivity contribution is -0.161. The van der Waals surface area contributed by atoms with Crippen molar-refractivity contribution in [2.45, 2.75) is 33.6 Å². The lowest BCUT2D eigenvalue weighted by Crippen LogP contribution is -2.30. The van der Waals surface area contributed by atoms with E-state index in [-0.39, 0.29) is 19.6 Å². The Morgan fingerprint density at radius 1 is 1.10 bits per heavy atom. The first-order chi connectivity index (χ1) is 9.62. The van der Waals surface area contributed by atoms with Crippen molar-refractivity contribution in [3.05, 3.63) is 29.6 Å². The van der Waals surface area contributed by atoms with Gasteiger partial charge in [-0.05, 0) is 31.9 Å². The predicted molar refractivity (Wildman–Crippen MR) is 74.1 cm³/mol. The molecule has 0 amide bonds. The third kappa shape index (κ3) is 4.64. The van der Waals surface area contributed by atoms with Crippen LogP contribution in [0.1, 0.15) is 32.0 Å². The fourth-order valence-corrected chi connectivity index (χ4v) is 1.74. The molecule has 0 aliphatic carbocycles. The number of rotatable bonds is 7. The molecule has 110 valence electrons. The normalized spacial score (nSPS) is 10.4. The van der Waals surface area contributed by atoms with Gasteiger partial charge in [0.15, 0.2) is 5.92 Å². The molecule has 0 aliphatic rings. The minimum Gasteiger partial charge on any atom is -0.465 e. The summed E-state index contributed by atoms with van der Waals surface area (Å²) in [5.41, 5.74) is 1.78. The molecule has 5 heteroatoms. The molecule has 1 heterocycles. The molecule has 1 rings (SSSR count). The topological polar surface area (TPSA) is 65.5 Å². The van der Waals surface area contributed by atoms with Crippen LogP contribution in [0.4, 0.5) is 0 Å². The van der Waals surface area contributed by atoms with Crippen LogP contribution in [0.25, 0.3) is 0 Å². The highest BCUT2D eigenvalue weighted by atomic mass is 16.6. The third-order valence-corrected chi connectivity index (χ3v) is 2.85. The van der Waals surface area contributed by atoms with Gasteiger partial charge >= 0.3 is 11.9 Å².